The predicted molar refractivity (Wildman–Crippen MR) is 104 cm³/mol. The van der Waals surface area contributed by atoms with E-state index in [0.29, 0.717) is 18.0 Å². The number of aromatic nitrogens is 1. The van der Waals surface area contributed by atoms with Crippen LogP contribution in [0.1, 0.15) is 27.9 Å². The van der Waals surface area contributed by atoms with Crippen molar-refractivity contribution >= 4 is 23.2 Å². The maximum atomic E-state index is 12.4. The first-order valence-electron chi connectivity index (χ1n) is 8.53. The van der Waals surface area contributed by atoms with Gasteiger partial charge in [0.25, 0.3) is 11.8 Å². The fourth-order valence-corrected chi connectivity index (χ4v) is 2.40. The van der Waals surface area contributed by atoms with Crippen molar-refractivity contribution in [1.82, 2.24) is 4.98 Å². The quantitative estimate of drug-likeness (QED) is 0.696. The van der Waals surface area contributed by atoms with Crippen molar-refractivity contribution in [3.8, 4) is 5.75 Å². The number of benzene rings is 2. The molecule has 3 aromatic rings. The lowest BCUT2D eigenvalue weighted by atomic mass is 10.2. The number of carbonyl (C=O) groups is 2. The Kier molecular flexibility index (Phi) is 5.79. The van der Waals surface area contributed by atoms with Crippen molar-refractivity contribution in [2.75, 3.05) is 17.2 Å². The molecule has 0 unspecified atom stereocenters. The molecule has 0 aliphatic carbocycles. The zero-order valence-corrected chi connectivity index (χ0v) is 14.8. The Morgan fingerprint density at radius 3 is 1.89 bits per heavy atom. The van der Waals surface area contributed by atoms with Gasteiger partial charge in [-0.3, -0.25) is 9.59 Å². The molecule has 1 aromatic heterocycles. The Morgan fingerprint density at radius 1 is 0.778 bits per heavy atom. The first-order valence-corrected chi connectivity index (χ1v) is 8.53. The Balaban J connectivity index is 1.68. The van der Waals surface area contributed by atoms with E-state index in [4.69, 9.17) is 4.74 Å². The molecule has 3 rings (SSSR count). The summed E-state index contributed by atoms with van der Waals surface area (Å²) < 4.78 is 5.37. The summed E-state index contributed by atoms with van der Waals surface area (Å²) in [5, 5.41) is 5.50. The third-order valence-electron chi connectivity index (χ3n) is 3.67. The van der Waals surface area contributed by atoms with Crippen molar-refractivity contribution in [2.24, 2.45) is 0 Å². The van der Waals surface area contributed by atoms with Gasteiger partial charge in [-0.1, -0.05) is 24.3 Å². The Labute approximate surface area is 157 Å². The van der Waals surface area contributed by atoms with E-state index >= 15 is 0 Å². The second-order valence-corrected chi connectivity index (χ2v) is 5.64. The summed E-state index contributed by atoms with van der Waals surface area (Å²) >= 11 is 0. The molecule has 2 aromatic carbocycles. The summed E-state index contributed by atoms with van der Waals surface area (Å²) in [6.07, 6.45) is 0. The third kappa shape index (κ3) is 4.92. The van der Waals surface area contributed by atoms with E-state index in [9.17, 15) is 9.59 Å². The minimum absolute atomic E-state index is 0.157. The number of amides is 2. The van der Waals surface area contributed by atoms with E-state index in [2.05, 4.69) is 15.6 Å². The minimum Gasteiger partial charge on any atom is -0.494 e. The average molecular weight is 361 g/mol. The van der Waals surface area contributed by atoms with Gasteiger partial charge in [-0.15, -0.1) is 0 Å². The maximum absolute atomic E-state index is 12.4. The second kappa shape index (κ2) is 8.62. The van der Waals surface area contributed by atoms with E-state index in [-0.39, 0.29) is 17.3 Å². The SMILES string of the molecule is CCOc1ccc(NC(=O)c2cccc(C(=O)Nc3ccccc3)n2)cc1. The van der Waals surface area contributed by atoms with Gasteiger partial charge >= 0.3 is 0 Å². The fourth-order valence-electron chi connectivity index (χ4n) is 2.40. The smallest absolute Gasteiger partial charge is 0.274 e. The number of anilines is 2. The molecule has 0 spiro atoms. The molecule has 0 aliphatic rings. The number of nitrogens with zero attached hydrogens (tertiary/aromatic N) is 1. The largest absolute Gasteiger partial charge is 0.494 e. The van der Waals surface area contributed by atoms with Crippen molar-refractivity contribution < 1.29 is 14.3 Å². The van der Waals surface area contributed by atoms with Crippen LogP contribution in [0.2, 0.25) is 0 Å². The Morgan fingerprint density at radius 2 is 1.33 bits per heavy atom. The lowest BCUT2D eigenvalue weighted by Gasteiger charge is -2.08. The lowest BCUT2D eigenvalue weighted by molar-refractivity contribution is 0.101. The molecular weight excluding hydrogens is 342 g/mol. The van der Waals surface area contributed by atoms with Gasteiger partial charge in [-0.2, -0.15) is 0 Å². The van der Waals surface area contributed by atoms with Crippen LogP contribution in [0, 0.1) is 0 Å². The van der Waals surface area contributed by atoms with Crippen molar-refractivity contribution in [2.45, 2.75) is 6.92 Å². The summed E-state index contributed by atoms with van der Waals surface area (Å²) in [6.45, 7) is 2.48. The van der Waals surface area contributed by atoms with Crippen LogP contribution in [-0.4, -0.2) is 23.4 Å². The van der Waals surface area contributed by atoms with Crippen LogP contribution >= 0.6 is 0 Å². The number of para-hydroxylation sites is 1. The molecule has 2 N–H and O–H groups in total. The first-order chi connectivity index (χ1) is 13.2. The molecule has 0 aliphatic heterocycles. The van der Waals surface area contributed by atoms with Crippen molar-refractivity contribution in [3.05, 3.63) is 84.2 Å². The van der Waals surface area contributed by atoms with Crippen LogP contribution < -0.4 is 15.4 Å². The van der Waals surface area contributed by atoms with Gasteiger partial charge < -0.3 is 15.4 Å². The Bertz CT molecular complexity index is 925. The molecule has 0 fully saturated rings. The van der Waals surface area contributed by atoms with E-state index in [1.54, 1.807) is 54.6 Å². The molecule has 0 atom stereocenters. The van der Waals surface area contributed by atoms with Crippen LogP contribution in [-0.2, 0) is 0 Å². The van der Waals surface area contributed by atoms with Gasteiger partial charge in [0.05, 0.1) is 6.61 Å². The number of nitrogens with one attached hydrogen (secondary N) is 2. The van der Waals surface area contributed by atoms with Crippen LogP contribution in [0.25, 0.3) is 0 Å². The highest BCUT2D eigenvalue weighted by atomic mass is 16.5. The lowest BCUT2D eigenvalue weighted by Crippen LogP contribution is -2.18. The number of hydrogen-bond acceptors (Lipinski definition) is 4. The number of ether oxygens (including phenoxy) is 1. The summed E-state index contributed by atoms with van der Waals surface area (Å²) in [4.78, 5) is 28.9. The standard InChI is InChI=1S/C21H19N3O3/c1-2-27-17-13-11-16(12-14-17)23-21(26)19-10-6-9-18(24-19)20(25)22-15-7-4-3-5-8-15/h3-14H,2H2,1H3,(H,22,25)(H,23,26). The first kappa shape index (κ1) is 18.1. The normalized spacial score (nSPS) is 10.1. The van der Waals surface area contributed by atoms with Gasteiger partial charge in [0, 0.05) is 11.4 Å². The fraction of sp³-hybridized carbons (Fsp3) is 0.0952. The average Bonchev–Trinajstić information content (AvgIpc) is 2.70. The number of hydrogen-bond donors (Lipinski definition) is 2. The van der Waals surface area contributed by atoms with Crippen LogP contribution in [0.4, 0.5) is 11.4 Å². The highest BCUT2D eigenvalue weighted by molar-refractivity contribution is 6.06. The summed E-state index contributed by atoms with van der Waals surface area (Å²) in [6, 6.07) is 20.8. The van der Waals surface area contributed by atoms with E-state index < -0.39 is 5.91 Å². The molecule has 6 nitrogen and oxygen atoms in total. The molecule has 0 saturated carbocycles. The minimum atomic E-state index is -0.395. The number of carbonyl (C=O) groups excluding carboxylic acids is 2. The topological polar surface area (TPSA) is 80.3 Å². The zero-order chi connectivity index (χ0) is 19.1. The monoisotopic (exact) mass is 361 g/mol. The third-order valence-corrected chi connectivity index (χ3v) is 3.67. The molecule has 1 heterocycles. The van der Waals surface area contributed by atoms with E-state index in [0.717, 1.165) is 5.75 Å². The summed E-state index contributed by atoms with van der Waals surface area (Å²) in [5.41, 5.74) is 1.60. The summed E-state index contributed by atoms with van der Waals surface area (Å²) in [5.74, 6) is -0.0429. The van der Waals surface area contributed by atoms with Crippen molar-refractivity contribution in [3.63, 3.8) is 0 Å². The predicted octanol–water partition coefficient (Wildman–Crippen LogP) is 3.98. The second-order valence-electron chi connectivity index (χ2n) is 5.64. The molecule has 0 saturated heterocycles. The summed E-state index contributed by atoms with van der Waals surface area (Å²) in [7, 11) is 0. The zero-order valence-electron chi connectivity index (χ0n) is 14.8. The highest BCUT2D eigenvalue weighted by Gasteiger charge is 2.13. The van der Waals surface area contributed by atoms with Crippen LogP contribution in [0.15, 0.2) is 72.8 Å². The van der Waals surface area contributed by atoms with Gasteiger partial charge in [0.1, 0.15) is 17.1 Å². The van der Waals surface area contributed by atoms with Crippen molar-refractivity contribution in [1.29, 1.82) is 0 Å². The molecular formula is C21H19N3O3. The molecule has 2 amide bonds. The maximum Gasteiger partial charge on any atom is 0.274 e. The molecule has 6 heteroatoms. The van der Waals surface area contributed by atoms with Gasteiger partial charge in [0.15, 0.2) is 0 Å². The van der Waals surface area contributed by atoms with E-state index in [1.165, 1.54) is 0 Å². The van der Waals surface area contributed by atoms with Gasteiger partial charge in [-0.05, 0) is 55.5 Å². The number of rotatable bonds is 6. The molecule has 0 radical (unpaired) electrons. The highest BCUT2D eigenvalue weighted by Crippen LogP contribution is 2.16. The molecule has 0 bridgehead atoms. The van der Waals surface area contributed by atoms with Gasteiger partial charge in [-0.25, -0.2) is 4.98 Å². The van der Waals surface area contributed by atoms with Crippen LogP contribution in [0.3, 0.4) is 0 Å². The Hall–Kier alpha value is -3.67. The van der Waals surface area contributed by atoms with E-state index in [1.807, 2.05) is 25.1 Å². The van der Waals surface area contributed by atoms with Crippen LogP contribution in [0.5, 0.6) is 5.75 Å². The van der Waals surface area contributed by atoms with Gasteiger partial charge in [0.2, 0.25) is 0 Å². The molecule has 136 valence electrons. The number of pyridine rings is 1. The molecule has 27 heavy (non-hydrogen) atoms.